The lowest BCUT2D eigenvalue weighted by molar-refractivity contribution is 0.00700. The minimum atomic E-state index is -0.443. The van der Waals surface area contributed by atoms with Crippen molar-refractivity contribution < 1.29 is 9.53 Å². The zero-order valence-corrected chi connectivity index (χ0v) is 18.5. The fraction of sp³-hybridized carbons (Fsp3) is 0.882. The van der Waals surface area contributed by atoms with E-state index < -0.39 is 5.60 Å². The summed E-state index contributed by atoms with van der Waals surface area (Å²) in [6, 6.07) is 0.237. The number of amides is 1. The number of ether oxygens (including phenoxy) is 1. The molecule has 0 radical (unpaired) electrons. The number of nitrogens with one attached hydrogen (secondary N) is 2. The van der Waals surface area contributed by atoms with Crippen LogP contribution in [0.3, 0.4) is 0 Å². The second-order valence-electron chi connectivity index (χ2n) is 7.93. The van der Waals surface area contributed by atoms with Crippen LogP contribution in [-0.4, -0.2) is 80.3 Å². The highest BCUT2D eigenvalue weighted by atomic mass is 127. The summed E-state index contributed by atoms with van der Waals surface area (Å²) < 4.78 is 5.37. The summed E-state index contributed by atoms with van der Waals surface area (Å²) in [6.45, 7) is 10.3. The van der Waals surface area contributed by atoms with Crippen LogP contribution in [0.25, 0.3) is 0 Å². The van der Waals surface area contributed by atoms with Gasteiger partial charge in [0.25, 0.3) is 0 Å². The Morgan fingerprint density at radius 2 is 1.84 bits per heavy atom. The number of nitrogens with zero attached hydrogens (tertiary/aromatic N) is 3. The zero-order chi connectivity index (χ0) is 17.7. The van der Waals surface area contributed by atoms with Gasteiger partial charge in [-0.15, -0.1) is 24.0 Å². The first-order chi connectivity index (χ1) is 11.3. The molecule has 2 rings (SSSR count). The van der Waals surface area contributed by atoms with Gasteiger partial charge in [-0.05, 0) is 59.7 Å². The van der Waals surface area contributed by atoms with Gasteiger partial charge in [0.05, 0.1) is 6.04 Å². The minimum Gasteiger partial charge on any atom is -0.444 e. The molecule has 2 aliphatic heterocycles. The summed E-state index contributed by atoms with van der Waals surface area (Å²) >= 11 is 0. The van der Waals surface area contributed by atoms with Gasteiger partial charge in [-0.25, -0.2) is 4.79 Å². The number of aliphatic imine (C=N–C) groups is 1. The molecule has 2 heterocycles. The van der Waals surface area contributed by atoms with Gasteiger partial charge in [-0.2, -0.15) is 0 Å². The van der Waals surface area contributed by atoms with Crippen LogP contribution in [0.15, 0.2) is 4.99 Å². The predicted molar refractivity (Wildman–Crippen MR) is 112 cm³/mol. The molecule has 0 saturated carbocycles. The van der Waals surface area contributed by atoms with Gasteiger partial charge >= 0.3 is 6.09 Å². The Morgan fingerprint density at radius 1 is 1.24 bits per heavy atom. The van der Waals surface area contributed by atoms with Gasteiger partial charge in [0.1, 0.15) is 5.60 Å². The predicted octanol–water partition coefficient (Wildman–Crippen LogP) is 1.73. The van der Waals surface area contributed by atoms with Gasteiger partial charge in [-0.3, -0.25) is 4.99 Å². The van der Waals surface area contributed by atoms with Crippen molar-refractivity contribution in [3.63, 3.8) is 0 Å². The molecule has 2 aliphatic rings. The second kappa shape index (κ2) is 9.80. The monoisotopic (exact) mass is 467 g/mol. The maximum absolute atomic E-state index is 11.9. The molecule has 0 aromatic rings. The Hall–Kier alpha value is -0.770. The molecule has 0 aliphatic carbocycles. The summed E-state index contributed by atoms with van der Waals surface area (Å²) in [5, 5.41) is 6.80. The third-order valence-electron chi connectivity index (χ3n) is 4.49. The maximum atomic E-state index is 11.9. The zero-order valence-electron chi connectivity index (χ0n) is 16.2. The molecule has 2 saturated heterocycles. The normalized spacial score (nSPS) is 20.5. The minimum absolute atomic E-state index is 0. The lowest BCUT2D eigenvalue weighted by Crippen LogP contribution is -2.63. The van der Waals surface area contributed by atoms with Crippen LogP contribution in [0.1, 0.15) is 33.6 Å². The number of carbonyl (C=O) groups is 1. The highest BCUT2D eigenvalue weighted by Gasteiger charge is 2.34. The van der Waals surface area contributed by atoms with Gasteiger partial charge < -0.3 is 25.2 Å². The highest BCUT2D eigenvalue weighted by molar-refractivity contribution is 14.0. The van der Waals surface area contributed by atoms with Crippen LogP contribution in [0.4, 0.5) is 4.79 Å². The number of piperidine rings is 1. The summed E-state index contributed by atoms with van der Waals surface area (Å²) in [6.07, 6.45) is 2.22. The van der Waals surface area contributed by atoms with Crippen molar-refractivity contribution in [1.29, 1.82) is 0 Å². The van der Waals surface area contributed by atoms with E-state index in [2.05, 4.69) is 27.6 Å². The molecule has 0 bridgehead atoms. The third-order valence-corrected chi connectivity index (χ3v) is 4.49. The number of likely N-dealkylation sites (tertiary alicyclic amines) is 2. The van der Waals surface area contributed by atoms with E-state index in [-0.39, 0.29) is 36.1 Å². The van der Waals surface area contributed by atoms with E-state index in [9.17, 15) is 4.79 Å². The average Bonchev–Trinajstić information content (AvgIpc) is 2.45. The largest absolute Gasteiger partial charge is 0.444 e. The SMILES string of the molecule is CN=C(NCC1CCN(C)CC1)NC1CN(C(=O)OC(C)(C)C)C1.I. The first-order valence-electron chi connectivity index (χ1n) is 8.90. The molecule has 0 spiro atoms. The standard InChI is InChI=1S/C17H33N5O2.HI/c1-17(2,3)24-16(23)22-11-14(12-22)20-15(18-4)19-10-13-6-8-21(5)9-7-13;/h13-14H,6-12H2,1-5H3,(H2,18,19,20);1H. The van der Waals surface area contributed by atoms with E-state index in [0.717, 1.165) is 12.5 Å². The van der Waals surface area contributed by atoms with Gasteiger partial charge in [0.2, 0.25) is 0 Å². The molecule has 0 aromatic carbocycles. The van der Waals surface area contributed by atoms with Crippen LogP contribution in [0.5, 0.6) is 0 Å². The quantitative estimate of drug-likeness (QED) is 0.376. The Labute approximate surface area is 169 Å². The number of halogens is 1. The van der Waals surface area contributed by atoms with Crippen molar-refractivity contribution in [1.82, 2.24) is 20.4 Å². The highest BCUT2D eigenvalue weighted by Crippen LogP contribution is 2.16. The number of rotatable bonds is 3. The van der Waals surface area contributed by atoms with Crippen molar-refractivity contribution in [2.24, 2.45) is 10.9 Å². The smallest absolute Gasteiger partial charge is 0.410 e. The Balaban J connectivity index is 0.00000312. The molecule has 8 heteroatoms. The number of carbonyl (C=O) groups excluding carboxylic acids is 1. The van der Waals surface area contributed by atoms with Crippen molar-refractivity contribution >= 4 is 36.0 Å². The van der Waals surface area contributed by atoms with Gasteiger partial charge in [0.15, 0.2) is 5.96 Å². The molecule has 0 aromatic heterocycles. The van der Waals surface area contributed by atoms with Crippen LogP contribution >= 0.6 is 24.0 Å². The molecule has 2 N–H and O–H groups in total. The molecule has 0 unspecified atom stereocenters. The topological polar surface area (TPSA) is 69.2 Å². The fourth-order valence-electron chi connectivity index (χ4n) is 2.94. The Bertz CT molecular complexity index is 452. The molecule has 1 amide bonds. The van der Waals surface area contributed by atoms with Crippen LogP contribution < -0.4 is 10.6 Å². The van der Waals surface area contributed by atoms with E-state index >= 15 is 0 Å². The van der Waals surface area contributed by atoms with Crippen molar-refractivity contribution in [3.8, 4) is 0 Å². The van der Waals surface area contributed by atoms with E-state index in [0.29, 0.717) is 19.0 Å². The maximum Gasteiger partial charge on any atom is 0.410 e. The van der Waals surface area contributed by atoms with E-state index in [1.165, 1.54) is 25.9 Å². The summed E-state index contributed by atoms with van der Waals surface area (Å²) in [4.78, 5) is 20.3. The first kappa shape index (κ1) is 22.3. The number of hydrogen-bond acceptors (Lipinski definition) is 4. The lowest BCUT2D eigenvalue weighted by atomic mass is 9.97. The molecule has 7 nitrogen and oxygen atoms in total. The molecule has 0 atom stereocenters. The molecule has 25 heavy (non-hydrogen) atoms. The molecule has 146 valence electrons. The fourth-order valence-corrected chi connectivity index (χ4v) is 2.94. The molecular formula is C17H34IN5O2. The van der Waals surface area contributed by atoms with Crippen molar-refractivity contribution in [3.05, 3.63) is 0 Å². The average molecular weight is 467 g/mol. The summed E-state index contributed by atoms with van der Waals surface area (Å²) in [7, 11) is 3.96. The third kappa shape index (κ3) is 7.55. The summed E-state index contributed by atoms with van der Waals surface area (Å²) in [5.74, 6) is 1.53. The van der Waals surface area contributed by atoms with E-state index in [4.69, 9.17) is 4.74 Å². The van der Waals surface area contributed by atoms with Gasteiger partial charge in [-0.1, -0.05) is 0 Å². The van der Waals surface area contributed by atoms with Crippen LogP contribution in [0, 0.1) is 5.92 Å². The van der Waals surface area contributed by atoms with Crippen molar-refractivity contribution in [2.75, 3.05) is 46.8 Å². The Kier molecular flexibility index (Phi) is 8.73. The molecular weight excluding hydrogens is 433 g/mol. The Morgan fingerprint density at radius 3 is 2.36 bits per heavy atom. The van der Waals surface area contributed by atoms with E-state index in [1.54, 1.807) is 11.9 Å². The lowest BCUT2D eigenvalue weighted by Gasteiger charge is -2.40. The van der Waals surface area contributed by atoms with Gasteiger partial charge in [0, 0.05) is 26.7 Å². The van der Waals surface area contributed by atoms with E-state index in [1.807, 2.05) is 20.8 Å². The number of hydrogen-bond donors (Lipinski definition) is 2. The van der Waals surface area contributed by atoms with Crippen LogP contribution in [0.2, 0.25) is 0 Å². The molecule has 2 fully saturated rings. The summed E-state index contributed by atoms with van der Waals surface area (Å²) in [5.41, 5.74) is -0.443. The number of guanidine groups is 1. The van der Waals surface area contributed by atoms with Crippen LogP contribution in [-0.2, 0) is 4.74 Å². The second-order valence-corrected chi connectivity index (χ2v) is 7.93. The van der Waals surface area contributed by atoms with Crippen molar-refractivity contribution in [2.45, 2.75) is 45.3 Å². The first-order valence-corrected chi connectivity index (χ1v) is 8.90.